The molecule has 0 bridgehead atoms. The number of para-hydroxylation sites is 1. The molecule has 0 radical (unpaired) electrons. The quantitative estimate of drug-likeness (QED) is 0.194. The number of non-ortho nitro benzene ring substituents is 1. The first-order chi connectivity index (χ1) is 16.5. The number of methoxy groups -OCH3 is 1. The lowest BCUT2D eigenvalue weighted by Crippen LogP contribution is -2.28. The maximum absolute atomic E-state index is 12.8. The Labute approximate surface area is 196 Å². The Morgan fingerprint density at radius 3 is 2.62 bits per heavy atom. The Morgan fingerprint density at radius 2 is 1.85 bits per heavy atom. The third-order valence-corrected chi connectivity index (χ3v) is 5.54. The van der Waals surface area contributed by atoms with Gasteiger partial charge in [-0.1, -0.05) is 30.3 Å². The molecule has 1 heterocycles. The molecule has 3 aromatic carbocycles. The minimum absolute atomic E-state index is 0.00203. The Balaban J connectivity index is 1.71. The fourth-order valence-corrected chi connectivity index (χ4v) is 3.91. The maximum Gasteiger partial charge on any atom is 0.270 e. The Kier molecular flexibility index (Phi) is 7.19. The molecule has 8 heteroatoms. The third-order valence-electron chi connectivity index (χ3n) is 5.54. The highest BCUT2D eigenvalue weighted by atomic mass is 16.6. The van der Waals surface area contributed by atoms with E-state index in [1.54, 1.807) is 19.2 Å². The molecule has 174 valence electrons. The highest BCUT2D eigenvalue weighted by Gasteiger charge is 2.23. The molecule has 0 unspecified atom stereocenters. The van der Waals surface area contributed by atoms with E-state index in [4.69, 9.17) is 9.47 Å². The molecule has 0 saturated carbocycles. The van der Waals surface area contributed by atoms with E-state index in [-0.39, 0.29) is 23.9 Å². The topological polar surface area (TPSA) is 106 Å². The minimum Gasteiger partial charge on any atom is -0.457 e. The molecule has 4 rings (SSSR count). The predicted molar refractivity (Wildman–Crippen MR) is 129 cm³/mol. The number of benzene rings is 3. The Hall–Kier alpha value is -4.17. The van der Waals surface area contributed by atoms with Crippen LogP contribution in [0.2, 0.25) is 0 Å². The van der Waals surface area contributed by atoms with Crippen LogP contribution in [-0.2, 0) is 9.53 Å². The molecule has 0 fully saturated rings. The lowest BCUT2D eigenvalue weighted by Gasteiger charge is -2.18. The van der Waals surface area contributed by atoms with Crippen LogP contribution < -0.4 is 10.1 Å². The van der Waals surface area contributed by atoms with Crippen molar-refractivity contribution in [3.05, 3.63) is 100 Å². The van der Waals surface area contributed by atoms with Crippen molar-refractivity contribution < 1.29 is 19.2 Å². The smallest absolute Gasteiger partial charge is 0.270 e. The molecule has 34 heavy (non-hydrogen) atoms. The molecule has 0 aliphatic heterocycles. The summed E-state index contributed by atoms with van der Waals surface area (Å²) in [6.45, 7) is 0.814. The summed E-state index contributed by atoms with van der Waals surface area (Å²) in [7, 11) is 1.58. The maximum atomic E-state index is 12.8. The normalized spacial score (nSPS) is 11.8. The van der Waals surface area contributed by atoms with Crippen LogP contribution in [0.1, 0.15) is 23.5 Å². The first kappa shape index (κ1) is 23.0. The van der Waals surface area contributed by atoms with Crippen LogP contribution in [0.25, 0.3) is 10.9 Å². The summed E-state index contributed by atoms with van der Waals surface area (Å²) in [5.41, 5.74) is 2.43. The van der Waals surface area contributed by atoms with E-state index in [0.717, 1.165) is 16.6 Å². The van der Waals surface area contributed by atoms with Crippen LogP contribution in [0, 0.1) is 10.1 Å². The van der Waals surface area contributed by atoms with Gasteiger partial charge in [-0.25, -0.2) is 0 Å². The zero-order chi connectivity index (χ0) is 23.9. The molecule has 1 amide bonds. The number of fused-ring (bicyclic) bond motifs is 1. The number of nitrogens with zero attached hydrogens (tertiary/aromatic N) is 1. The van der Waals surface area contributed by atoms with Gasteiger partial charge in [-0.05, 0) is 41.5 Å². The zero-order valence-electron chi connectivity index (χ0n) is 18.7. The number of ether oxygens (including phenoxy) is 2. The van der Waals surface area contributed by atoms with Crippen LogP contribution in [-0.4, -0.2) is 36.1 Å². The van der Waals surface area contributed by atoms with Crippen LogP contribution in [0.4, 0.5) is 5.69 Å². The molecule has 1 atom stereocenters. The van der Waals surface area contributed by atoms with Crippen molar-refractivity contribution in [3.63, 3.8) is 0 Å². The zero-order valence-corrected chi connectivity index (χ0v) is 18.7. The second-order valence-electron chi connectivity index (χ2n) is 7.82. The van der Waals surface area contributed by atoms with Crippen molar-refractivity contribution in [1.82, 2.24) is 10.3 Å². The molecular formula is C26H25N3O5. The Morgan fingerprint density at radius 1 is 1.06 bits per heavy atom. The van der Waals surface area contributed by atoms with Gasteiger partial charge in [-0.2, -0.15) is 0 Å². The fourth-order valence-electron chi connectivity index (χ4n) is 3.91. The molecule has 2 N–H and O–H groups in total. The molecule has 0 spiro atoms. The van der Waals surface area contributed by atoms with Crippen molar-refractivity contribution in [2.75, 3.05) is 20.3 Å². The van der Waals surface area contributed by atoms with Gasteiger partial charge in [0.15, 0.2) is 0 Å². The predicted octanol–water partition coefficient (Wildman–Crippen LogP) is 5.15. The summed E-state index contributed by atoms with van der Waals surface area (Å²) in [6.07, 6.45) is 1.97. The van der Waals surface area contributed by atoms with Crippen molar-refractivity contribution in [3.8, 4) is 11.5 Å². The number of carbonyl (C=O) groups excluding carboxylic acids is 1. The van der Waals surface area contributed by atoms with Gasteiger partial charge in [0.2, 0.25) is 5.91 Å². The van der Waals surface area contributed by atoms with E-state index in [2.05, 4.69) is 10.3 Å². The minimum atomic E-state index is -0.420. The third kappa shape index (κ3) is 5.41. The second kappa shape index (κ2) is 10.6. The first-order valence-electron chi connectivity index (χ1n) is 10.9. The van der Waals surface area contributed by atoms with E-state index in [1.807, 2.05) is 60.8 Å². The first-order valence-corrected chi connectivity index (χ1v) is 10.9. The average molecular weight is 460 g/mol. The van der Waals surface area contributed by atoms with E-state index >= 15 is 0 Å². The Bertz CT molecular complexity index is 1290. The van der Waals surface area contributed by atoms with Gasteiger partial charge in [0, 0.05) is 55.2 Å². The molecular weight excluding hydrogens is 434 g/mol. The highest BCUT2D eigenvalue weighted by Crippen LogP contribution is 2.36. The SMILES string of the molecule is COCCNC(=O)C[C@@H](c1cccc(Oc2ccccc2)c1)c1c[nH]c2ccc([N+](=O)[O-])cc12. The van der Waals surface area contributed by atoms with Gasteiger partial charge >= 0.3 is 0 Å². The summed E-state index contributed by atoms with van der Waals surface area (Å²) in [6, 6.07) is 21.7. The van der Waals surface area contributed by atoms with Gasteiger partial charge in [0.25, 0.3) is 5.69 Å². The number of H-pyrrole nitrogens is 1. The standard InChI is InChI=1S/C26H25N3O5/c1-33-13-12-27-26(30)16-22(24-17-28-25-11-10-19(29(31)32)15-23(24)25)18-6-5-9-21(14-18)34-20-7-3-2-4-8-20/h2-11,14-15,17,22,28H,12-13,16H2,1H3,(H,27,30)/t22-/m0/s1. The van der Waals surface area contributed by atoms with Crippen molar-refractivity contribution in [1.29, 1.82) is 0 Å². The summed E-state index contributed by atoms with van der Waals surface area (Å²) >= 11 is 0. The number of nitrogens with one attached hydrogen (secondary N) is 2. The summed E-state index contributed by atoms with van der Waals surface area (Å²) in [5.74, 6) is 0.851. The van der Waals surface area contributed by atoms with Crippen LogP contribution in [0.5, 0.6) is 11.5 Å². The number of rotatable bonds is 10. The molecule has 0 aliphatic carbocycles. The number of amides is 1. The fraction of sp³-hybridized carbons (Fsp3) is 0.192. The highest BCUT2D eigenvalue weighted by molar-refractivity contribution is 5.87. The van der Waals surface area contributed by atoms with Crippen LogP contribution >= 0.6 is 0 Å². The molecule has 8 nitrogen and oxygen atoms in total. The van der Waals surface area contributed by atoms with Crippen molar-refractivity contribution >= 4 is 22.5 Å². The summed E-state index contributed by atoms with van der Waals surface area (Å²) in [5, 5.41) is 14.9. The molecule has 4 aromatic rings. The largest absolute Gasteiger partial charge is 0.457 e. The summed E-state index contributed by atoms with van der Waals surface area (Å²) in [4.78, 5) is 26.9. The van der Waals surface area contributed by atoms with Crippen molar-refractivity contribution in [2.45, 2.75) is 12.3 Å². The lowest BCUT2D eigenvalue weighted by atomic mass is 9.87. The van der Waals surface area contributed by atoms with Gasteiger partial charge in [-0.3, -0.25) is 14.9 Å². The number of hydrogen-bond donors (Lipinski definition) is 2. The monoisotopic (exact) mass is 459 g/mol. The number of nitro groups is 1. The van der Waals surface area contributed by atoms with E-state index in [0.29, 0.717) is 30.0 Å². The van der Waals surface area contributed by atoms with E-state index in [9.17, 15) is 14.9 Å². The molecule has 0 aliphatic rings. The van der Waals surface area contributed by atoms with Gasteiger partial charge in [0.1, 0.15) is 11.5 Å². The lowest BCUT2D eigenvalue weighted by molar-refractivity contribution is -0.384. The number of aromatic amines is 1. The number of carbonyl (C=O) groups is 1. The van der Waals surface area contributed by atoms with Crippen molar-refractivity contribution in [2.24, 2.45) is 0 Å². The van der Waals surface area contributed by atoms with E-state index < -0.39 is 4.92 Å². The number of nitro benzene ring substituents is 1. The molecule has 0 saturated heterocycles. The van der Waals surface area contributed by atoms with Gasteiger partial charge in [0.05, 0.1) is 11.5 Å². The van der Waals surface area contributed by atoms with E-state index in [1.165, 1.54) is 6.07 Å². The number of aromatic nitrogens is 1. The second-order valence-corrected chi connectivity index (χ2v) is 7.82. The molecule has 1 aromatic heterocycles. The average Bonchev–Trinajstić information content (AvgIpc) is 3.26. The van der Waals surface area contributed by atoms with Crippen LogP contribution in [0.3, 0.4) is 0 Å². The van der Waals surface area contributed by atoms with Gasteiger partial charge < -0.3 is 19.8 Å². The number of hydrogen-bond acceptors (Lipinski definition) is 5. The van der Waals surface area contributed by atoms with Gasteiger partial charge in [-0.15, -0.1) is 0 Å². The summed E-state index contributed by atoms with van der Waals surface area (Å²) < 4.78 is 11.0. The van der Waals surface area contributed by atoms with Crippen LogP contribution in [0.15, 0.2) is 79.0 Å².